The largest absolute Gasteiger partial charge is 0.416 e. The summed E-state index contributed by atoms with van der Waals surface area (Å²) in [6.07, 6.45) is 6.98. The monoisotopic (exact) mass is 484 g/mol. The second-order valence-corrected chi connectivity index (χ2v) is 14.3. The van der Waals surface area contributed by atoms with Gasteiger partial charge in [0, 0.05) is 0 Å². The lowest BCUT2D eigenvalue weighted by atomic mass is 9.42. The van der Waals surface area contributed by atoms with E-state index < -0.39 is 17.4 Å². The van der Waals surface area contributed by atoms with Crippen LogP contribution in [0.15, 0.2) is 0 Å². The van der Waals surface area contributed by atoms with Crippen molar-refractivity contribution in [1.82, 2.24) is 0 Å². The molecule has 5 fully saturated rings. The molecule has 0 aliphatic heterocycles. The molecular formula is C29H47F3O2. The van der Waals surface area contributed by atoms with Crippen molar-refractivity contribution < 1.29 is 23.4 Å². The summed E-state index contributed by atoms with van der Waals surface area (Å²) in [6, 6.07) is 0. The van der Waals surface area contributed by atoms with Crippen molar-refractivity contribution in [3.05, 3.63) is 0 Å². The van der Waals surface area contributed by atoms with Gasteiger partial charge in [-0.25, -0.2) is 0 Å². The number of hydrogen-bond donors (Lipinski definition) is 2. The average Bonchev–Trinajstić information content (AvgIpc) is 3.44. The lowest BCUT2D eigenvalue weighted by Crippen LogP contribution is -2.56. The smallest absolute Gasteiger partial charge is 0.390 e. The van der Waals surface area contributed by atoms with Crippen molar-refractivity contribution in [2.24, 2.45) is 51.8 Å². The molecule has 0 spiro atoms. The van der Waals surface area contributed by atoms with Gasteiger partial charge < -0.3 is 10.2 Å². The molecule has 11 atom stereocenters. The van der Waals surface area contributed by atoms with Crippen LogP contribution in [0.4, 0.5) is 13.2 Å². The van der Waals surface area contributed by atoms with Crippen LogP contribution >= 0.6 is 0 Å². The van der Waals surface area contributed by atoms with Crippen LogP contribution in [0, 0.1) is 51.8 Å². The summed E-state index contributed by atoms with van der Waals surface area (Å²) in [4.78, 5) is 0. The van der Waals surface area contributed by atoms with Gasteiger partial charge in [-0.3, -0.25) is 0 Å². The highest BCUT2D eigenvalue weighted by Crippen LogP contribution is 2.83. The summed E-state index contributed by atoms with van der Waals surface area (Å²) in [5.41, 5.74) is -2.32. The van der Waals surface area contributed by atoms with E-state index in [0.29, 0.717) is 29.6 Å². The van der Waals surface area contributed by atoms with Gasteiger partial charge in [0.1, 0.15) is 0 Å². The summed E-state index contributed by atoms with van der Waals surface area (Å²) >= 11 is 0. The molecule has 5 saturated carbocycles. The van der Waals surface area contributed by atoms with Crippen LogP contribution in [0.1, 0.15) is 112 Å². The molecule has 34 heavy (non-hydrogen) atoms. The molecule has 0 heterocycles. The Morgan fingerprint density at radius 3 is 2.32 bits per heavy atom. The second kappa shape index (κ2) is 7.62. The van der Waals surface area contributed by atoms with E-state index in [9.17, 15) is 23.4 Å². The van der Waals surface area contributed by atoms with Gasteiger partial charge >= 0.3 is 6.18 Å². The molecule has 196 valence electrons. The number of halogens is 3. The third-order valence-electron chi connectivity index (χ3n) is 13.2. The summed E-state index contributed by atoms with van der Waals surface area (Å²) in [7, 11) is 0. The van der Waals surface area contributed by atoms with Crippen molar-refractivity contribution in [2.75, 3.05) is 0 Å². The normalized spacial score (nSPS) is 52.6. The topological polar surface area (TPSA) is 40.5 Å². The van der Waals surface area contributed by atoms with Crippen LogP contribution in [-0.4, -0.2) is 27.6 Å². The minimum atomic E-state index is -4.56. The maximum atomic E-state index is 13.3. The molecular weight excluding hydrogens is 437 g/mol. The summed E-state index contributed by atoms with van der Waals surface area (Å²) in [5, 5.41) is 21.1. The Bertz CT molecular complexity index is 810. The third-order valence-corrected chi connectivity index (χ3v) is 13.2. The van der Waals surface area contributed by atoms with E-state index in [1.165, 1.54) is 38.5 Å². The van der Waals surface area contributed by atoms with Gasteiger partial charge in [0.25, 0.3) is 0 Å². The number of rotatable bonds is 5. The van der Waals surface area contributed by atoms with Crippen LogP contribution in [0.5, 0.6) is 0 Å². The quantitative estimate of drug-likeness (QED) is 0.424. The molecule has 0 aromatic rings. The number of fused-ring (bicyclic) bond motifs is 7. The zero-order chi connectivity index (χ0) is 24.9. The molecule has 5 aliphatic carbocycles. The molecule has 5 rings (SSSR count). The number of alkyl halides is 3. The van der Waals surface area contributed by atoms with E-state index >= 15 is 0 Å². The van der Waals surface area contributed by atoms with Crippen molar-refractivity contribution in [3.63, 3.8) is 0 Å². The molecule has 0 unspecified atom stereocenters. The van der Waals surface area contributed by atoms with Crippen LogP contribution in [0.3, 0.4) is 0 Å². The maximum Gasteiger partial charge on any atom is 0.416 e. The van der Waals surface area contributed by atoms with Gasteiger partial charge in [0.05, 0.1) is 5.60 Å². The molecule has 0 saturated heterocycles. The Morgan fingerprint density at radius 1 is 0.971 bits per heavy atom. The predicted octanol–water partition coefficient (Wildman–Crippen LogP) is 7.52. The van der Waals surface area contributed by atoms with E-state index in [1.54, 1.807) is 0 Å². The first-order valence-electron chi connectivity index (χ1n) is 14.1. The number of hydrogen-bond acceptors (Lipinski definition) is 2. The number of aliphatic hydroxyl groups is 2. The van der Waals surface area contributed by atoms with Gasteiger partial charge in [-0.15, -0.1) is 0 Å². The van der Waals surface area contributed by atoms with Gasteiger partial charge in [0.2, 0.25) is 0 Å². The molecule has 2 N–H and O–H groups in total. The van der Waals surface area contributed by atoms with E-state index in [-0.39, 0.29) is 23.2 Å². The average molecular weight is 485 g/mol. The first-order valence-corrected chi connectivity index (χ1v) is 14.1. The van der Waals surface area contributed by atoms with E-state index in [0.717, 1.165) is 44.4 Å². The van der Waals surface area contributed by atoms with Crippen molar-refractivity contribution in [3.8, 4) is 0 Å². The Balaban J connectivity index is 1.33. The molecule has 5 aliphatic rings. The Hall–Kier alpha value is -0.290. The SMILES string of the molecule is CC[C@]1(O)CC[C@@]2(C)[C@@H](CC[C@@H]3[C@@H]2CC[C@@]2(C)[C@H]3C[C@H]3C[C@]32[C@H](C)CC[C@](C)(O)C(F)(F)F)C1. The molecule has 2 nitrogen and oxygen atoms in total. The van der Waals surface area contributed by atoms with Crippen molar-refractivity contribution in [1.29, 1.82) is 0 Å². The second-order valence-electron chi connectivity index (χ2n) is 14.3. The zero-order valence-corrected chi connectivity index (χ0v) is 22.0. The van der Waals surface area contributed by atoms with E-state index in [2.05, 4.69) is 27.7 Å². The Labute approximate surface area is 204 Å². The standard InChI is InChI=1S/C29H47F3O2/c1-6-27(34)14-13-24(3)19(16-27)7-8-21-22(24)10-11-25(4)23(21)15-20-17-28(20,25)18(2)9-12-26(5,33)29(30,31)32/h18-23,33-34H,6-17H2,1-5H3/t18-,19+,20+,21-,22+,23+,24+,25+,26+,27+,28+/m1/s1. The first kappa shape index (κ1) is 25.4. The Kier molecular flexibility index (Phi) is 5.68. The highest BCUT2D eigenvalue weighted by atomic mass is 19.4. The lowest BCUT2D eigenvalue weighted by Gasteiger charge is -2.63. The summed E-state index contributed by atoms with van der Waals surface area (Å²) in [5.74, 6) is 3.68. The van der Waals surface area contributed by atoms with Gasteiger partial charge in [-0.1, -0.05) is 27.7 Å². The molecule has 0 aromatic heterocycles. The molecule has 0 amide bonds. The van der Waals surface area contributed by atoms with Crippen LogP contribution in [0.25, 0.3) is 0 Å². The lowest BCUT2D eigenvalue weighted by molar-refractivity contribution is -0.256. The molecule has 0 aromatic carbocycles. The highest BCUT2D eigenvalue weighted by Gasteiger charge is 2.76. The molecule has 0 bridgehead atoms. The maximum absolute atomic E-state index is 13.3. The van der Waals surface area contributed by atoms with Gasteiger partial charge in [-0.2, -0.15) is 13.2 Å². The third kappa shape index (κ3) is 3.33. The predicted molar refractivity (Wildman–Crippen MR) is 128 cm³/mol. The summed E-state index contributed by atoms with van der Waals surface area (Å²) < 4.78 is 39.8. The zero-order valence-electron chi connectivity index (χ0n) is 22.0. The van der Waals surface area contributed by atoms with Crippen molar-refractivity contribution in [2.45, 2.75) is 129 Å². The fraction of sp³-hybridized carbons (Fsp3) is 1.00. The summed E-state index contributed by atoms with van der Waals surface area (Å²) in [6.45, 7) is 10.3. The first-order chi connectivity index (χ1) is 15.6. The van der Waals surface area contributed by atoms with Crippen LogP contribution in [0.2, 0.25) is 0 Å². The minimum absolute atomic E-state index is 0.178. The fourth-order valence-corrected chi connectivity index (χ4v) is 10.7. The molecule has 0 radical (unpaired) electrons. The van der Waals surface area contributed by atoms with E-state index in [4.69, 9.17) is 0 Å². The van der Waals surface area contributed by atoms with Crippen molar-refractivity contribution >= 4 is 0 Å². The Morgan fingerprint density at radius 2 is 1.68 bits per heavy atom. The van der Waals surface area contributed by atoms with Gasteiger partial charge in [0.15, 0.2) is 5.60 Å². The molecule has 5 heteroatoms. The van der Waals surface area contributed by atoms with Gasteiger partial charge in [-0.05, 0) is 136 Å². The fourth-order valence-electron chi connectivity index (χ4n) is 10.7. The highest BCUT2D eigenvalue weighted by molar-refractivity contribution is 5.24. The van der Waals surface area contributed by atoms with Crippen LogP contribution < -0.4 is 0 Å². The van der Waals surface area contributed by atoms with E-state index in [1.807, 2.05) is 0 Å². The van der Waals surface area contributed by atoms with Crippen LogP contribution in [-0.2, 0) is 0 Å². The minimum Gasteiger partial charge on any atom is -0.390 e.